The molecule has 0 aromatic rings. The summed E-state index contributed by atoms with van der Waals surface area (Å²) in [6.45, 7) is 3.97. The van der Waals surface area contributed by atoms with Crippen molar-refractivity contribution in [2.24, 2.45) is 0 Å². The van der Waals surface area contributed by atoms with Crippen LogP contribution in [0.1, 0.15) is 45.4 Å². The van der Waals surface area contributed by atoms with E-state index in [2.05, 4.69) is 17.0 Å². The van der Waals surface area contributed by atoms with Crippen molar-refractivity contribution >= 4 is 18.4 Å². The van der Waals surface area contributed by atoms with E-state index in [0.29, 0.717) is 6.42 Å². The molecule has 0 fully saturated rings. The molecule has 0 heterocycles. The molecule has 0 aliphatic carbocycles. The number of methoxy groups -OCH3 is 1. The average Bonchev–Trinajstić information content (AvgIpc) is 2.21. The van der Waals surface area contributed by atoms with Crippen molar-refractivity contribution in [1.82, 2.24) is 5.32 Å². The molecule has 0 saturated carbocycles. The van der Waals surface area contributed by atoms with Crippen molar-refractivity contribution in [3.63, 3.8) is 0 Å². The first-order chi connectivity index (χ1) is 6.81. The minimum atomic E-state index is -0.136. The minimum absolute atomic E-state index is 0. The lowest BCUT2D eigenvalue weighted by Gasteiger charge is -2.03. The molecule has 0 spiro atoms. The van der Waals surface area contributed by atoms with Crippen molar-refractivity contribution in [3.05, 3.63) is 0 Å². The van der Waals surface area contributed by atoms with E-state index in [1.54, 1.807) is 0 Å². The van der Waals surface area contributed by atoms with Crippen molar-refractivity contribution < 1.29 is 9.53 Å². The van der Waals surface area contributed by atoms with Gasteiger partial charge in [0.25, 0.3) is 0 Å². The van der Waals surface area contributed by atoms with E-state index >= 15 is 0 Å². The zero-order chi connectivity index (χ0) is 10.6. The summed E-state index contributed by atoms with van der Waals surface area (Å²) < 4.78 is 4.53. The largest absolute Gasteiger partial charge is 0.469 e. The number of ether oxygens (including phenoxy) is 1. The summed E-state index contributed by atoms with van der Waals surface area (Å²) in [6, 6.07) is 0. The number of esters is 1. The predicted octanol–water partition coefficient (Wildman–Crippen LogP) is 2.53. The molecular weight excluding hydrogens is 214 g/mol. The van der Waals surface area contributed by atoms with E-state index in [4.69, 9.17) is 0 Å². The first-order valence-corrected chi connectivity index (χ1v) is 5.58. The predicted molar refractivity (Wildman–Crippen MR) is 65.5 cm³/mol. The standard InChI is InChI=1S/C11H23NO2.ClH/c1-3-4-5-6-7-9-12-10-8-11(13)14-2;/h12H,3-10H2,1-2H3;1H. The van der Waals surface area contributed by atoms with Crippen LogP contribution in [-0.2, 0) is 9.53 Å². The highest BCUT2D eigenvalue weighted by Gasteiger charge is 1.97. The number of halogens is 1. The van der Waals surface area contributed by atoms with E-state index in [9.17, 15) is 4.79 Å². The van der Waals surface area contributed by atoms with Crippen LogP contribution in [0, 0.1) is 0 Å². The summed E-state index contributed by atoms with van der Waals surface area (Å²) in [5, 5.41) is 3.23. The van der Waals surface area contributed by atoms with Crippen molar-refractivity contribution in [1.29, 1.82) is 0 Å². The van der Waals surface area contributed by atoms with Gasteiger partial charge in [-0.15, -0.1) is 12.4 Å². The Morgan fingerprint density at radius 2 is 1.80 bits per heavy atom. The average molecular weight is 238 g/mol. The fourth-order valence-corrected chi connectivity index (χ4v) is 1.27. The lowest BCUT2D eigenvalue weighted by atomic mass is 10.1. The quantitative estimate of drug-likeness (QED) is 0.495. The Kier molecular flexibility index (Phi) is 15.7. The Bertz CT molecular complexity index is 143. The molecule has 15 heavy (non-hydrogen) atoms. The summed E-state index contributed by atoms with van der Waals surface area (Å²) >= 11 is 0. The molecule has 0 aromatic heterocycles. The second-order valence-corrected chi connectivity index (χ2v) is 3.49. The van der Waals surface area contributed by atoms with Gasteiger partial charge >= 0.3 is 5.97 Å². The van der Waals surface area contributed by atoms with Gasteiger partial charge in [-0.25, -0.2) is 0 Å². The van der Waals surface area contributed by atoms with Gasteiger partial charge in [0, 0.05) is 6.54 Å². The number of hydrogen-bond donors (Lipinski definition) is 1. The fraction of sp³-hybridized carbons (Fsp3) is 0.909. The third-order valence-electron chi connectivity index (χ3n) is 2.19. The number of unbranched alkanes of at least 4 members (excludes halogenated alkanes) is 4. The SMILES string of the molecule is CCCCCCCNCCC(=O)OC.Cl. The molecule has 0 radical (unpaired) electrons. The molecule has 0 atom stereocenters. The van der Waals surface area contributed by atoms with Gasteiger partial charge in [0.05, 0.1) is 13.5 Å². The molecule has 0 saturated heterocycles. The molecule has 1 N–H and O–H groups in total. The van der Waals surface area contributed by atoms with Gasteiger partial charge in [-0.1, -0.05) is 32.6 Å². The molecule has 3 nitrogen and oxygen atoms in total. The third kappa shape index (κ3) is 13.7. The van der Waals surface area contributed by atoms with Gasteiger partial charge in [-0.05, 0) is 13.0 Å². The Hall–Kier alpha value is -0.280. The minimum Gasteiger partial charge on any atom is -0.469 e. The van der Waals surface area contributed by atoms with Crippen molar-refractivity contribution in [3.8, 4) is 0 Å². The third-order valence-corrected chi connectivity index (χ3v) is 2.19. The maximum Gasteiger partial charge on any atom is 0.306 e. The molecule has 0 unspecified atom stereocenters. The van der Waals surface area contributed by atoms with Crippen molar-refractivity contribution in [2.45, 2.75) is 45.4 Å². The summed E-state index contributed by atoms with van der Waals surface area (Å²) in [4.78, 5) is 10.7. The Morgan fingerprint density at radius 1 is 1.13 bits per heavy atom. The molecular formula is C11H24ClNO2. The molecule has 0 amide bonds. The lowest BCUT2D eigenvalue weighted by Crippen LogP contribution is -2.19. The number of nitrogens with one attached hydrogen (secondary N) is 1. The van der Waals surface area contributed by atoms with Crippen LogP contribution in [0.15, 0.2) is 0 Å². The van der Waals surface area contributed by atoms with E-state index in [1.807, 2.05) is 0 Å². The maximum atomic E-state index is 10.7. The number of carbonyl (C=O) groups excluding carboxylic acids is 1. The fourth-order valence-electron chi connectivity index (χ4n) is 1.27. The summed E-state index contributed by atoms with van der Waals surface area (Å²) in [5.41, 5.74) is 0. The van der Waals surface area contributed by atoms with Gasteiger partial charge in [0.1, 0.15) is 0 Å². The molecule has 4 heteroatoms. The topological polar surface area (TPSA) is 38.3 Å². The van der Waals surface area contributed by atoms with Crippen LogP contribution in [0.5, 0.6) is 0 Å². The first kappa shape index (κ1) is 17.1. The van der Waals surface area contributed by atoms with Crippen LogP contribution in [0.25, 0.3) is 0 Å². The Morgan fingerprint density at radius 3 is 2.40 bits per heavy atom. The van der Waals surface area contributed by atoms with Gasteiger partial charge in [0.15, 0.2) is 0 Å². The van der Waals surface area contributed by atoms with Crippen LogP contribution in [0.4, 0.5) is 0 Å². The van der Waals surface area contributed by atoms with E-state index in [-0.39, 0.29) is 18.4 Å². The normalized spacial score (nSPS) is 9.47. The number of carbonyl (C=O) groups is 1. The van der Waals surface area contributed by atoms with E-state index in [1.165, 1.54) is 39.2 Å². The van der Waals surface area contributed by atoms with E-state index in [0.717, 1.165) is 13.1 Å². The molecule has 92 valence electrons. The van der Waals surface area contributed by atoms with Gasteiger partial charge in [-0.3, -0.25) is 4.79 Å². The second-order valence-electron chi connectivity index (χ2n) is 3.49. The Balaban J connectivity index is 0. The van der Waals surface area contributed by atoms with Crippen LogP contribution in [-0.4, -0.2) is 26.2 Å². The number of hydrogen-bond acceptors (Lipinski definition) is 3. The molecule has 0 aliphatic rings. The molecule has 0 rings (SSSR count). The van der Waals surface area contributed by atoms with Crippen molar-refractivity contribution in [2.75, 3.05) is 20.2 Å². The summed E-state index contributed by atoms with van der Waals surface area (Å²) in [6.07, 6.45) is 6.93. The lowest BCUT2D eigenvalue weighted by molar-refractivity contribution is -0.140. The van der Waals surface area contributed by atoms with Crippen LogP contribution >= 0.6 is 12.4 Å². The molecule has 0 bridgehead atoms. The van der Waals surface area contributed by atoms with Gasteiger partial charge in [0.2, 0.25) is 0 Å². The van der Waals surface area contributed by atoms with Crippen LogP contribution < -0.4 is 5.32 Å². The smallest absolute Gasteiger partial charge is 0.306 e. The molecule has 0 aromatic carbocycles. The highest BCUT2D eigenvalue weighted by molar-refractivity contribution is 5.85. The highest BCUT2D eigenvalue weighted by atomic mass is 35.5. The summed E-state index contributed by atoms with van der Waals surface area (Å²) in [5.74, 6) is -0.136. The highest BCUT2D eigenvalue weighted by Crippen LogP contribution is 2.00. The zero-order valence-corrected chi connectivity index (χ0v) is 10.7. The van der Waals surface area contributed by atoms with Gasteiger partial charge < -0.3 is 10.1 Å². The first-order valence-electron chi connectivity index (χ1n) is 5.58. The molecule has 0 aliphatic heterocycles. The number of rotatable bonds is 9. The zero-order valence-electron chi connectivity index (χ0n) is 9.88. The second kappa shape index (κ2) is 13.7. The van der Waals surface area contributed by atoms with Crippen LogP contribution in [0.2, 0.25) is 0 Å². The summed E-state index contributed by atoms with van der Waals surface area (Å²) in [7, 11) is 1.42. The Labute approximate surface area is 99.4 Å². The van der Waals surface area contributed by atoms with Gasteiger partial charge in [-0.2, -0.15) is 0 Å². The maximum absolute atomic E-state index is 10.7. The van der Waals surface area contributed by atoms with E-state index < -0.39 is 0 Å². The monoisotopic (exact) mass is 237 g/mol. The van der Waals surface area contributed by atoms with Crippen LogP contribution in [0.3, 0.4) is 0 Å².